The molecule has 2 heterocycles. The average molecular weight is 358 g/mol. The normalized spacial score (nSPS) is 22.5. The number of amides is 1. The van der Waals surface area contributed by atoms with Crippen molar-refractivity contribution in [3.8, 4) is 0 Å². The number of carbonyl (C=O) groups is 2. The summed E-state index contributed by atoms with van der Waals surface area (Å²) in [5.41, 5.74) is -0.574. The Hall–Kier alpha value is -1.28. The molecule has 8 heteroatoms. The molecule has 0 radical (unpaired) electrons. The van der Waals surface area contributed by atoms with Crippen LogP contribution in [0.5, 0.6) is 0 Å². The van der Waals surface area contributed by atoms with E-state index in [0.29, 0.717) is 11.6 Å². The molecule has 1 saturated heterocycles. The number of nitrogens with zero attached hydrogens (tertiary/aromatic N) is 2. The van der Waals surface area contributed by atoms with E-state index < -0.39 is 17.7 Å². The van der Waals surface area contributed by atoms with Crippen molar-refractivity contribution in [3.63, 3.8) is 0 Å². The summed E-state index contributed by atoms with van der Waals surface area (Å²) in [5, 5.41) is 11.3. The van der Waals surface area contributed by atoms with Gasteiger partial charge in [-0.25, -0.2) is 14.6 Å². The Morgan fingerprint density at radius 2 is 2.13 bits per heavy atom. The number of hydrogen-bond donors (Lipinski definition) is 2. The fourth-order valence-corrected chi connectivity index (χ4v) is 3.76. The number of rotatable bonds is 2. The summed E-state index contributed by atoms with van der Waals surface area (Å²) in [4.78, 5) is 29.4. The van der Waals surface area contributed by atoms with E-state index in [0.717, 1.165) is 19.3 Å². The van der Waals surface area contributed by atoms with E-state index in [1.54, 1.807) is 4.90 Å². The van der Waals surface area contributed by atoms with E-state index in [1.807, 2.05) is 20.8 Å². The zero-order valence-corrected chi connectivity index (χ0v) is 15.2. The molecule has 1 fully saturated rings. The minimum Gasteiger partial charge on any atom is -0.476 e. The van der Waals surface area contributed by atoms with Gasteiger partial charge in [-0.15, -0.1) is 11.3 Å². The monoisotopic (exact) mass is 358 g/mol. The minimum absolute atomic E-state index is 0.0146. The fourth-order valence-electron chi connectivity index (χ4n) is 2.47. The lowest BCUT2D eigenvalue weighted by molar-refractivity contribution is 0.0165. The highest BCUT2D eigenvalue weighted by Crippen LogP contribution is 2.34. The highest BCUT2D eigenvalue weighted by molar-refractivity contribution is 7.81. The lowest BCUT2D eigenvalue weighted by atomic mass is 10.1. The maximum absolute atomic E-state index is 12.6. The summed E-state index contributed by atoms with van der Waals surface area (Å²) in [6.45, 7) is 5.93. The van der Waals surface area contributed by atoms with Gasteiger partial charge >= 0.3 is 12.1 Å². The maximum Gasteiger partial charge on any atom is 0.410 e. The van der Waals surface area contributed by atoms with Gasteiger partial charge in [0.1, 0.15) is 10.6 Å². The summed E-state index contributed by atoms with van der Waals surface area (Å²) in [7, 11) is 0. The van der Waals surface area contributed by atoms with Crippen molar-refractivity contribution < 1.29 is 19.4 Å². The number of thiol groups is 1. The van der Waals surface area contributed by atoms with Crippen LogP contribution in [0.2, 0.25) is 0 Å². The molecule has 2 unspecified atom stereocenters. The molecule has 23 heavy (non-hydrogen) atoms. The first-order valence-corrected chi connectivity index (χ1v) is 8.93. The SMILES string of the molecule is CC(C)(C)OC(=O)N1CC(S)CCCC1c1nc(C(=O)O)cs1. The zero-order chi connectivity index (χ0) is 17.2. The van der Waals surface area contributed by atoms with E-state index in [-0.39, 0.29) is 17.0 Å². The van der Waals surface area contributed by atoms with Crippen LogP contribution >= 0.6 is 24.0 Å². The van der Waals surface area contributed by atoms with Crippen LogP contribution in [0.4, 0.5) is 4.79 Å². The zero-order valence-electron chi connectivity index (χ0n) is 13.5. The molecule has 0 saturated carbocycles. The molecule has 1 aromatic rings. The molecule has 1 N–H and O–H groups in total. The Kier molecular flexibility index (Phi) is 5.57. The van der Waals surface area contributed by atoms with Gasteiger partial charge in [-0.3, -0.25) is 4.90 Å². The fraction of sp³-hybridized carbons (Fsp3) is 0.667. The molecule has 128 valence electrons. The van der Waals surface area contributed by atoms with Crippen LogP contribution in [0, 0.1) is 0 Å². The smallest absolute Gasteiger partial charge is 0.410 e. The van der Waals surface area contributed by atoms with Gasteiger partial charge < -0.3 is 9.84 Å². The van der Waals surface area contributed by atoms with Gasteiger partial charge in [0.05, 0.1) is 6.04 Å². The second-order valence-corrected chi connectivity index (χ2v) is 8.23. The third-order valence-corrected chi connectivity index (χ3v) is 4.82. The second-order valence-electron chi connectivity index (χ2n) is 6.61. The van der Waals surface area contributed by atoms with Crippen LogP contribution < -0.4 is 0 Å². The number of aromatic carboxylic acids is 1. The largest absolute Gasteiger partial charge is 0.476 e. The number of carboxylic acids is 1. The van der Waals surface area contributed by atoms with Gasteiger partial charge in [0.2, 0.25) is 0 Å². The van der Waals surface area contributed by atoms with Gasteiger partial charge in [-0.2, -0.15) is 12.6 Å². The summed E-state index contributed by atoms with van der Waals surface area (Å²) >= 11 is 5.79. The number of carboxylic acid groups (broad SMARTS) is 1. The third kappa shape index (κ3) is 4.84. The van der Waals surface area contributed by atoms with Crippen LogP contribution in [0.3, 0.4) is 0 Å². The van der Waals surface area contributed by atoms with Crippen molar-refractivity contribution in [1.29, 1.82) is 0 Å². The first-order chi connectivity index (χ1) is 10.7. The van der Waals surface area contributed by atoms with Crippen LogP contribution in [-0.2, 0) is 4.74 Å². The number of ether oxygens (including phenoxy) is 1. The average Bonchev–Trinajstić information content (AvgIpc) is 2.81. The van der Waals surface area contributed by atoms with E-state index >= 15 is 0 Å². The number of likely N-dealkylation sites (tertiary alicyclic amines) is 1. The molecular weight excluding hydrogens is 336 g/mol. The molecular formula is C15H22N2O4S2. The molecule has 2 atom stereocenters. The van der Waals surface area contributed by atoms with E-state index in [4.69, 9.17) is 9.84 Å². The summed E-state index contributed by atoms with van der Waals surface area (Å²) in [6, 6.07) is -0.264. The first-order valence-electron chi connectivity index (χ1n) is 7.54. The summed E-state index contributed by atoms with van der Waals surface area (Å²) in [5.74, 6) is -1.06. The Morgan fingerprint density at radius 3 is 2.70 bits per heavy atom. The van der Waals surface area contributed by atoms with Gasteiger partial charge in [0.15, 0.2) is 5.69 Å². The second kappa shape index (κ2) is 7.09. The van der Waals surface area contributed by atoms with Crippen molar-refractivity contribution in [2.45, 2.75) is 56.9 Å². The Bertz CT molecular complexity index is 582. The standard InChI is InChI=1S/C15H22N2O4S2/c1-15(2,3)21-14(20)17-7-9(22)5-4-6-11(17)12-16-10(8-23-12)13(18)19/h8-9,11,22H,4-7H2,1-3H3,(H,18,19). The molecule has 1 aromatic heterocycles. The van der Waals surface area contributed by atoms with Gasteiger partial charge in [0.25, 0.3) is 0 Å². The van der Waals surface area contributed by atoms with Crippen molar-refractivity contribution in [1.82, 2.24) is 9.88 Å². The Morgan fingerprint density at radius 1 is 1.43 bits per heavy atom. The van der Waals surface area contributed by atoms with E-state index in [1.165, 1.54) is 16.7 Å². The Labute approximate surface area is 145 Å². The number of carbonyl (C=O) groups excluding carboxylic acids is 1. The van der Waals surface area contributed by atoms with Gasteiger partial charge in [0, 0.05) is 17.2 Å². The molecule has 1 aliphatic heterocycles. The number of thiazole rings is 1. The predicted molar refractivity (Wildman–Crippen MR) is 91.4 cm³/mol. The number of aromatic nitrogens is 1. The molecule has 1 aliphatic rings. The van der Waals surface area contributed by atoms with Gasteiger partial charge in [-0.05, 0) is 40.0 Å². The van der Waals surface area contributed by atoms with Crippen LogP contribution in [0.15, 0.2) is 5.38 Å². The number of hydrogen-bond acceptors (Lipinski definition) is 6. The van der Waals surface area contributed by atoms with Crippen molar-refractivity contribution in [2.24, 2.45) is 0 Å². The van der Waals surface area contributed by atoms with E-state index in [9.17, 15) is 9.59 Å². The molecule has 1 amide bonds. The lowest BCUT2D eigenvalue weighted by Gasteiger charge is -2.32. The highest BCUT2D eigenvalue weighted by Gasteiger charge is 2.34. The first kappa shape index (κ1) is 18.1. The molecule has 6 nitrogen and oxygen atoms in total. The Balaban J connectivity index is 2.27. The van der Waals surface area contributed by atoms with Crippen molar-refractivity contribution in [2.75, 3.05) is 6.54 Å². The summed E-state index contributed by atoms with van der Waals surface area (Å²) < 4.78 is 5.50. The van der Waals surface area contributed by atoms with Crippen molar-refractivity contribution in [3.05, 3.63) is 16.1 Å². The molecule has 0 aliphatic carbocycles. The predicted octanol–water partition coefficient (Wildman–Crippen LogP) is 3.60. The summed E-state index contributed by atoms with van der Waals surface area (Å²) in [6.07, 6.45) is 2.12. The van der Waals surface area contributed by atoms with Crippen molar-refractivity contribution >= 4 is 36.0 Å². The van der Waals surface area contributed by atoms with Crippen LogP contribution in [-0.4, -0.2) is 44.4 Å². The van der Waals surface area contributed by atoms with Crippen LogP contribution in [0.1, 0.15) is 61.6 Å². The third-order valence-electron chi connectivity index (χ3n) is 3.45. The maximum atomic E-state index is 12.6. The van der Waals surface area contributed by atoms with E-state index in [2.05, 4.69) is 17.6 Å². The molecule has 0 spiro atoms. The van der Waals surface area contributed by atoms with Gasteiger partial charge in [-0.1, -0.05) is 0 Å². The molecule has 0 bridgehead atoms. The molecule has 2 rings (SSSR count). The minimum atomic E-state index is -1.06. The lowest BCUT2D eigenvalue weighted by Crippen LogP contribution is -2.41. The highest BCUT2D eigenvalue weighted by atomic mass is 32.1. The topological polar surface area (TPSA) is 79.7 Å². The molecule has 0 aromatic carbocycles. The quantitative estimate of drug-likeness (QED) is 0.790. The van der Waals surface area contributed by atoms with Crippen LogP contribution in [0.25, 0.3) is 0 Å².